The first-order valence-corrected chi connectivity index (χ1v) is 8.78. The van der Waals surface area contributed by atoms with E-state index in [2.05, 4.69) is 0 Å². The van der Waals surface area contributed by atoms with E-state index in [-0.39, 0.29) is 5.78 Å². The highest BCUT2D eigenvalue weighted by atomic mass is 32.1. The van der Waals surface area contributed by atoms with Crippen molar-refractivity contribution in [1.82, 2.24) is 4.40 Å². The molecule has 0 radical (unpaired) electrons. The Bertz CT molecular complexity index is 1040. The van der Waals surface area contributed by atoms with Crippen LogP contribution in [0.3, 0.4) is 0 Å². The lowest BCUT2D eigenvalue weighted by Crippen LogP contribution is -2.03. The van der Waals surface area contributed by atoms with E-state index in [1.54, 1.807) is 0 Å². The van der Waals surface area contributed by atoms with E-state index in [9.17, 15) is 4.79 Å². The fraction of sp³-hybridized carbons (Fsp3) is 0. The Kier molecular flexibility index (Phi) is 3.44. The minimum absolute atomic E-state index is 0.0203. The predicted molar refractivity (Wildman–Crippen MR) is 94.3 cm³/mol. The maximum atomic E-state index is 12.7. The van der Waals surface area contributed by atoms with Crippen molar-refractivity contribution in [1.29, 1.82) is 5.41 Å². The number of aromatic nitrogens is 1. The van der Waals surface area contributed by atoms with Crippen molar-refractivity contribution in [3.8, 4) is 11.3 Å². The molecule has 0 saturated carbocycles. The normalized spacial score (nSPS) is 11.0. The van der Waals surface area contributed by atoms with Gasteiger partial charge in [0.05, 0.1) is 5.69 Å². The van der Waals surface area contributed by atoms with E-state index in [4.69, 9.17) is 5.41 Å². The molecular formula is C18H12N2OS2. The molecule has 0 aliphatic rings. The van der Waals surface area contributed by atoms with Gasteiger partial charge in [-0.05, 0) is 5.56 Å². The monoisotopic (exact) mass is 336 g/mol. The second-order valence-corrected chi connectivity index (χ2v) is 6.92. The molecule has 112 valence electrons. The van der Waals surface area contributed by atoms with Crippen LogP contribution in [0.2, 0.25) is 0 Å². The molecule has 0 saturated heterocycles. The number of rotatable bonds is 3. The first-order chi connectivity index (χ1) is 11.3. The SMILES string of the molecule is N=c1sc(C(=O)c2ccccc2)c2scc(-c3ccccc3)n12. The average Bonchev–Trinajstić information content (AvgIpc) is 3.17. The Morgan fingerprint density at radius 1 is 0.957 bits per heavy atom. The van der Waals surface area contributed by atoms with Gasteiger partial charge < -0.3 is 0 Å². The summed E-state index contributed by atoms with van der Waals surface area (Å²) in [6, 6.07) is 19.2. The zero-order chi connectivity index (χ0) is 15.8. The summed E-state index contributed by atoms with van der Waals surface area (Å²) in [5.41, 5.74) is 2.67. The number of ketones is 1. The Hall–Kier alpha value is -2.50. The quantitative estimate of drug-likeness (QED) is 0.552. The van der Waals surface area contributed by atoms with Gasteiger partial charge in [0.2, 0.25) is 5.78 Å². The minimum atomic E-state index is -0.0203. The smallest absolute Gasteiger partial charge is 0.206 e. The van der Waals surface area contributed by atoms with Crippen LogP contribution in [0.1, 0.15) is 15.2 Å². The van der Waals surface area contributed by atoms with Crippen LogP contribution >= 0.6 is 22.7 Å². The van der Waals surface area contributed by atoms with Crippen LogP contribution < -0.4 is 4.80 Å². The van der Waals surface area contributed by atoms with Crippen molar-refractivity contribution >= 4 is 33.3 Å². The highest BCUT2D eigenvalue weighted by Crippen LogP contribution is 2.30. The van der Waals surface area contributed by atoms with E-state index in [1.807, 2.05) is 70.4 Å². The molecule has 0 fully saturated rings. The molecule has 5 heteroatoms. The van der Waals surface area contributed by atoms with Crippen LogP contribution in [0, 0.1) is 5.41 Å². The van der Waals surface area contributed by atoms with Crippen LogP contribution in [0.25, 0.3) is 16.1 Å². The molecule has 3 nitrogen and oxygen atoms in total. The molecule has 0 aliphatic carbocycles. The summed E-state index contributed by atoms with van der Waals surface area (Å²) in [5, 5.41) is 10.3. The molecule has 0 bridgehead atoms. The van der Waals surface area contributed by atoms with E-state index in [0.717, 1.165) is 16.1 Å². The fourth-order valence-electron chi connectivity index (χ4n) is 2.54. The van der Waals surface area contributed by atoms with Gasteiger partial charge in [0.15, 0.2) is 4.80 Å². The molecule has 1 N–H and O–H groups in total. The van der Waals surface area contributed by atoms with Gasteiger partial charge >= 0.3 is 0 Å². The van der Waals surface area contributed by atoms with Crippen molar-refractivity contribution in [2.75, 3.05) is 0 Å². The summed E-state index contributed by atoms with van der Waals surface area (Å²) in [4.78, 5) is 14.6. The number of fused-ring (bicyclic) bond motifs is 1. The summed E-state index contributed by atoms with van der Waals surface area (Å²) in [7, 11) is 0. The summed E-state index contributed by atoms with van der Waals surface area (Å²) in [5.74, 6) is -0.0203. The Morgan fingerprint density at radius 2 is 1.61 bits per heavy atom. The van der Waals surface area contributed by atoms with Gasteiger partial charge in [0, 0.05) is 10.9 Å². The highest BCUT2D eigenvalue weighted by Gasteiger charge is 2.19. The zero-order valence-electron chi connectivity index (χ0n) is 12.0. The first kappa shape index (κ1) is 14.1. The Labute approximate surface area is 140 Å². The standard InChI is InChI=1S/C18H12N2OS2/c19-18-20-14(12-7-3-1-4-8-12)11-22-17(20)16(23-18)15(21)13-9-5-2-6-10-13/h1-11,19H. The molecule has 0 unspecified atom stereocenters. The van der Waals surface area contributed by atoms with Crippen molar-refractivity contribution in [3.63, 3.8) is 0 Å². The molecule has 2 aromatic carbocycles. The van der Waals surface area contributed by atoms with Crippen LogP contribution in [-0.2, 0) is 0 Å². The largest absolute Gasteiger partial charge is 0.288 e. The Balaban J connectivity index is 1.90. The summed E-state index contributed by atoms with van der Waals surface area (Å²) < 4.78 is 1.86. The lowest BCUT2D eigenvalue weighted by molar-refractivity contribution is 0.104. The molecule has 23 heavy (non-hydrogen) atoms. The number of carbonyl (C=O) groups excluding carboxylic acids is 1. The van der Waals surface area contributed by atoms with Gasteiger partial charge in [-0.3, -0.25) is 14.6 Å². The number of hydrogen-bond acceptors (Lipinski definition) is 4. The van der Waals surface area contributed by atoms with Crippen LogP contribution in [0.4, 0.5) is 0 Å². The van der Waals surface area contributed by atoms with Crippen molar-refractivity contribution < 1.29 is 4.79 Å². The highest BCUT2D eigenvalue weighted by molar-refractivity contribution is 7.21. The maximum Gasteiger partial charge on any atom is 0.206 e. The van der Waals surface area contributed by atoms with Crippen LogP contribution in [0.15, 0.2) is 66.0 Å². The minimum Gasteiger partial charge on any atom is -0.288 e. The number of nitrogens with one attached hydrogen (secondary N) is 1. The van der Waals surface area contributed by atoms with E-state index < -0.39 is 0 Å². The summed E-state index contributed by atoms with van der Waals surface area (Å²) in [6.45, 7) is 0. The number of carbonyl (C=O) groups is 1. The number of hydrogen-bond donors (Lipinski definition) is 1. The van der Waals surface area contributed by atoms with E-state index in [1.165, 1.54) is 22.7 Å². The fourth-order valence-corrected chi connectivity index (χ4v) is 4.69. The molecule has 0 amide bonds. The van der Waals surface area contributed by atoms with Gasteiger partial charge in [-0.1, -0.05) is 72.0 Å². The number of nitrogens with zero attached hydrogens (tertiary/aromatic N) is 1. The lowest BCUT2D eigenvalue weighted by atomic mass is 10.1. The summed E-state index contributed by atoms with van der Waals surface area (Å²) in [6.07, 6.45) is 0. The predicted octanol–water partition coefficient (Wildman–Crippen LogP) is 4.44. The van der Waals surface area contributed by atoms with E-state index >= 15 is 0 Å². The third kappa shape index (κ3) is 2.34. The molecule has 4 aromatic rings. The molecule has 2 aromatic heterocycles. The van der Waals surface area contributed by atoms with Crippen LogP contribution in [-0.4, -0.2) is 10.2 Å². The third-order valence-electron chi connectivity index (χ3n) is 3.63. The zero-order valence-corrected chi connectivity index (χ0v) is 13.7. The molecule has 0 atom stereocenters. The summed E-state index contributed by atoms with van der Waals surface area (Å²) >= 11 is 2.75. The number of benzene rings is 2. The van der Waals surface area contributed by atoms with Crippen molar-refractivity contribution in [2.45, 2.75) is 0 Å². The van der Waals surface area contributed by atoms with Gasteiger partial charge in [0.25, 0.3) is 0 Å². The molecule has 0 spiro atoms. The average molecular weight is 336 g/mol. The van der Waals surface area contributed by atoms with Crippen molar-refractivity contribution in [3.05, 3.63) is 81.3 Å². The van der Waals surface area contributed by atoms with Gasteiger partial charge in [0.1, 0.15) is 9.71 Å². The van der Waals surface area contributed by atoms with E-state index in [0.29, 0.717) is 15.2 Å². The second-order valence-electron chi connectivity index (χ2n) is 5.06. The van der Waals surface area contributed by atoms with Crippen LogP contribution in [0.5, 0.6) is 0 Å². The molecule has 0 aliphatic heterocycles. The third-order valence-corrected chi connectivity index (χ3v) is 5.67. The Morgan fingerprint density at radius 3 is 2.30 bits per heavy atom. The second kappa shape index (κ2) is 5.61. The topological polar surface area (TPSA) is 45.3 Å². The van der Waals surface area contributed by atoms with Gasteiger partial charge in [-0.2, -0.15) is 0 Å². The molecule has 4 rings (SSSR count). The van der Waals surface area contributed by atoms with Gasteiger partial charge in [-0.25, -0.2) is 0 Å². The number of thiazole rings is 2. The maximum absolute atomic E-state index is 12.7. The lowest BCUT2D eigenvalue weighted by Gasteiger charge is -1.98. The molecule has 2 heterocycles. The molecular weight excluding hydrogens is 324 g/mol. The van der Waals surface area contributed by atoms with Crippen molar-refractivity contribution in [2.24, 2.45) is 0 Å². The first-order valence-electron chi connectivity index (χ1n) is 7.08. The van der Waals surface area contributed by atoms with Gasteiger partial charge in [-0.15, -0.1) is 11.3 Å².